The molecule has 7 heteroatoms. The minimum absolute atomic E-state index is 0.0428. The number of benzene rings is 1. The van der Waals surface area contributed by atoms with Gasteiger partial charge in [0.15, 0.2) is 5.78 Å². The highest BCUT2D eigenvalue weighted by Gasteiger charge is 2.46. The third kappa shape index (κ3) is 4.42. The molecule has 2 aliphatic heterocycles. The summed E-state index contributed by atoms with van der Waals surface area (Å²) >= 11 is 6.85. The van der Waals surface area contributed by atoms with Crippen molar-refractivity contribution < 1.29 is 9.90 Å². The Kier molecular flexibility index (Phi) is 6.69. The Balaban J connectivity index is 1.73. The first-order valence-corrected chi connectivity index (χ1v) is 12.0. The van der Waals surface area contributed by atoms with Gasteiger partial charge in [0, 0.05) is 23.5 Å². The zero-order valence-corrected chi connectivity index (χ0v) is 20.5. The maximum atomic E-state index is 13.5. The number of hydrogen-bond donors (Lipinski definition) is 1. The van der Waals surface area contributed by atoms with Gasteiger partial charge in [-0.25, -0.2) is 0 Å². The van der Waals surface area contributed by atoms with Gasteiger partial charge in [0.25, 0.3) is 0 Å². The van der Waals surface area contributed by atoms with Crippen molar-refractivity contribution in [3.05, 3.63) is 57.9 Å². The largest absolute Gasteiger partial charge is 0.391 e. The molecule has 6 nitrogen and oxygen atoms in total. The molecule has 3 heterocycles. The maximum Gasteiger partial charge on any atom is 0.180 e. The van der Waals surface area contributed by atoms with Crippen molar-refractivity contribution in [3.63, 3.8) is 0 Å². The highest BCUT2D eigenvalue weighted by atomic mass is 35.5. The Morgan fingerprint density at radius 3 is 2.53 bits per heavy atom. The Hall–Kier alpha value is -2.90. The highest BCUT2D eigenvalue weighted by Crippen LogP contribution is 2.39. The van der Waals surface area contributed by atoms with Gasteiger partial charge in [-0.15, -0.1) is 0 Å². The van der Waals surface area contributed by atoms with Crippen molar-refractivity contribution in [1.29, 1.82) is 10.5 Å². The summed E-state index contributed by atoms with van der Waals surface area (Å²) in [5.74, 6) is -0.0621. The van der Waals surface area contributed by atoms with Crippen molar-refractivity contribution in [3.8, 4) is 17.8 Å². The molecule has 0 saturated carbocycles. The monoisotopic (exact) mass is 476 g/mol. The van der Waals surface area contributed by atoms with Crippen LogP contribution in [0.5, 0.6) is 0 Å². The molecular weight excluding hydrogens is 448 g/mol. The van der Waals surface area contributed by atoms with E-state index in [4.69, 9.17) is 16.9 Å². The van der Waals surface area contributed by atoms with Crippen LogP contribution in [0.25, 0.3) is 11.8 Å². The summed E-state index contributed by atoms with van der Waals surface area (Å²) in [5.41, 5.74) is 2.71. The lowest BCUT2D eigenvalue weighted by atomic mass is 9.91. The van der Waals surface area contributed by atoms with Crippen LogP contribution in [0.4, 0.5) is 0 Å². The second-order valence-corrected chi connectivity index (χ2v) is 10.3. The van der Waals surface area contributed by atoms with Crippen LogP contribution in [0, 0.1) is 35.0 Å². The number of carbonyl (C=O) groups is 1. The molecule has 1 aromatic heterocycles. The van der Waals surface area contributed by atoms with E-state index < -0.39 is 5.41 Å². The number of aromatic nitrogens is 1. The van der Waals surface area contributed by atoms with E-state index in [9.17, 15) is 15.2 Å². The third-order valence-electron chi connectivity index (χ3n) is 7.10. The van der Waals surface area contributed by atoms with Crippen molar-refractivity contribution in [2.75, 3.05) is 6.54 Å². The SMILES string of the molecule is Cc1c(C(=O)CN2C3CCC2[C@H](O)C3)c(Cl)c(/C=C/CC(C)(C)C#N)n1-c1ccc(C#N)cc1. The van der Waals surface area contributed by atoms with Crippen LogP contribution in [0.2, 0.25) is 5.02 Å². The number of Topliss-reactive ketones (excluding diaryl/α,β-unsaturated/α-hetero) is 1. The molecule has 0 spiro atoms. The summed E-state index contributed by atoms with van der Waals surface area (Å²) in [6.07, 6.45) is 6.60. The molecule has 0 aliphatic carbocycles. The normalized spacial score (nSPS) is 22.3. The minimum Gasteiger partial charge on any atom is -0.391 e. The highest BCUT2D eigenvalue weighted by molar-refractivity contribution is 6.35. The molecule has 2 aromatic rings. The van der Waals surface area contributed by atoms with Crippen LogP contribution in [0.3, 0.4) is 0 Å². The lowest BCUT2D eigenvalue weighted by Crippen LogP contribution is -2.36. The minimum atomic E-state index is -0.515. The average Bonchev–Trinajstić information content (AvgIpc) is 3.41. The van der Waals surface area contributed by atoms with Gasteiger partial charge in [-0.3, -0.25) is 9.69 Å². The van der Waals surface area contributed by atoms with Crippen LogP contribution < -0.4 is 0 Å². The molecule has 2 bridgehead atoms. The van der Waals surface area contributed by atoms with Crippen LogP contribution in [0.15, 0.2) is 30.3 Å². The molecule has 4 rings (SSSR count). The van der Waals surface area contributed by atoms with E-state index >= 15 is 0 Å². The molecule has 1 aromatic carbocycles. The van der Waals surface area contributed by atoms with Gasteiger partial charge < -0.3 is 9.67 Å². The van der Waals surface area contributed by atoms with Crippen LogP contribution >= 0.6 is 11.6 Å². The molecule has 176 valence electrons. The number of aliphatic hydroxyl groups excluding tert-OH is 1. The van der Waals surface area contributed by atoms with Crippen molar-refractivity contribution in [2.45, 2.75) is 64.6 Å². The lowest BCUT2D eigenvalue weighted by molar-refractivity contribution is 0.0873. The van der Waals surface area contributed by atoms with Crippen LogP contribution in [-0.4, -0.2) is 45.1 Å². The van der Waals surface area contributed by atoms with Gasteiger partial charge in [0.2, 0.25) is 0 Å². The number of halogens is 1. The summed E-state index contributed by atoms with van der Waals surface area (Å²) in [6.45, 7) is 5.85. The quantitative estimate of drug-likeness (QED) is 0.565. The number of nitrogens with zero attached hydrogens (tertiary/aromatic N) is 4. The summed E-state index contributed by atoms with van der Waals surface area (Å²) in [6, 6.07) is 11.9. The lowest BCUT2D eigenvalue weighted by Gasteiger charge is -2.21. The Labute approximate surface area is 205 Å². The van der Waals surface area contributed by atoms with Gasteiger partial charge in [-0.1, -0.05) is 17.7 Å². The second-order valence-electron chi connectivity index (χ2n) is 9.95. The number of carbonyl (C=O) groups excluding carboxylic acids is 1. The standard InChI is InChI=1S/C27H29ClN4O2/c1-17-25(24(34)15-31-20-10-11-21(31)23(33)13-20)26(28)22(5-4-12-27(2,3)16-30)32(17)19-8-6-18(14-29)7-9-19/h4-9,20-21,23,33H,10-13,15H2,1-3H3/b5-4+/t20?,21?,23-/m1/s1. The molecular formula is C27H29ClN4O2. The summed E-state index contributed by atoms with van der Waals surface area (Å²) in [7, 11) is 0. The van der Waals surface area contributed by atoms with Gasteiger partial charge in [-0.2, -0.15) is 10.5 Å². The molecule has 34 heavy (non-hydrogen) atoms. The Bertz CT molecular complexity index is 1210. The number of aliphatic hydroxyl groups is 1. The first-order chi connectivity index (χ1) is 16.2. The Morgan fingerprint density at radius 1 is 1.26 bits per heavy atom. The molecule has 2 aliphatic rings. The molecule has 0 radical (unpaired) electrons. The molecule has 1 N–H and O–H groups in total. The number of allylic oxidation sites excluding steroid dienone is 1. The van der Waals surface area contributed by atoms with Gasteiger partial charge in [-0.05, 0) is 76.8 Å². The first kappa shape index (κ1) is 24.2. The summed E-state index contributed by atoms with van der Waals surface area (Å²) in [5, 5.41) is 29.2. The molecule has 2 saturated heterocycles. The van der Waals surface area contributed by atoms with Crippen molar-refractivity contribution >= 4 is 23.5 Å². The number of ketones is 1. The average molecular weight is 477 g/mol. The zero-order valence-electron chi connectivity index (χ0n) is 19.8. The van der Waals surface area contributed by atoms with E-state index in [0.717, 1.165) is 30.6 Å². The fraction of sp³-hybridized carbons (Fsp3) is 0.444. The van der Waals surface area contributed by atoms with Gasteiger partial charge in [0.05, 0.1) is 52.0 Å². The predicted octanol–water partition coefficient (Wildman–Crippen LogP) is 5.04. The van der Waals surface area contributed by atoms with E-state index in [0.29, 0.717) is 28.3 Å². The van der Waals surface area contributed by atoms with Crippen LogP contribution in [-0.2, 0) is 0 Å². The van der Waals surface area contributed by atoms with Crippen molar-refractivity contribution in [2.24, 2.45) is 5.41 Å². The topological polar surface area (TPSA) is 93.1 Å². The van der Waals surface area contributed by atoms with Crippen LogP contribution in [0.1, 0.15) is 66.8 Å². The number of fused-ring (bicyclic) bond motifs is 2. The van der Waals surface area contributed by atoms with Gasteiger partial charge >= 0.3 is 0 Å². The number of hydrogen-bond acceptors (Lipinski definition) is 5. The number of nitriles is 2. The maximum absolute atomic E-state index is 13.5. The first-order valence-electron chi connectivity index (χ1n) is 11.6. The van der Waals surface area contributed by atoms with E-state index in [1.807, 2.05) is 49.6 Å². The molecule has 0 amide bonds. The smallest absolute Gasteiger partial charge is 0.180 e. The van der Waals surface area contributed by atoms with E-state index in [1.54, 1.807) is 12.1 Å². The zero-order chi connectivity index (χ0) is 24.6. The van der Waals surface area contributed by atoms with E-state index in [2.05, 4.69) is 17.0 Å². The summed E-state index contributed by atoms with van der Waals surface area (Å²) < 4.78 is 1.93. The molecule has 2 unspecified atom stereocenters. The molecule has 3 atom stereocenters. The number of rotatable bonds is 7. The van der Waals surface area contributed by atoms with E-state index in [-0.39, 0.29) is 30.5 Å². The second kappa shape index (κ2) is 9.39. The molecule has 2 fully saturated rings. The van der Waals surface area contributed by atoms with Gasteiger partial charge in [0.1, 0.15) is 0 Å². The predicted molar refractivity (Wildman–Crippen MR) is 132 cm³/mol. The Morgan fingerprint density at radius 2 is 1.97 bits per heavy atom. The fourth-order valence-corrected chi connectivity index (χ4v) is 5.63. The summed E-state index contributed by atoms with van der Waals surface area (Å²) in [4.78, 5) is 15.6. The van der Waals surface area contributed by atoms with Crippen molar-refractivity contribution in [1.82, 2.24) is 9.47 Å². The fourth-order valence-electron chi connectivity index (χ4n) is 5.24. The third-order valence-corrected chi connectivity index (χ3v) is 7.48. The van der Waals surface area contributed by atoms with E-state index in [1.165, 1.54) is 0 Å².